The number of hydrogen-bond donors (Lipinski definition) is 1. The lowest BCUT2D eigenvalue weighted by Gasteiger charge is -2.43. The number of carboxylic acid groups (broad SMARTS) is 1. The molecule has 0 aromatic heterocycles. The Bertz CT molecular complexity index is 361. The van der Waals surface area contributed by atoms with E-state index in [1.54, 1.807) is 12.0 Å². The van der Waals surface area contributed by atoms with Crippen LogP contribution in [-0.4, -0.2) is 61.4 Å². The van der Waals surface area contributed by atoms with Gasteiger partial charge < -0.3 is 19.5 Å². The Morgan fingerprint density at radius 2 is 2.00 bits per heavy atom. The second kappa shape index (κ2) is 6.54. The lowest BCUT2D eigenvalue weighted by molar-refractivity contribution is -0.163. The highest BCUT2D eigenvalue weighted by molar-refractivity contribution is 5.86. The van der Waals surface area contributed by atoms with Crippen LogP contribution in [0.4, 0.5) is 0 Å². The highest BCUT2D eigenvalue weighted by atomic mass is 16.5. The van der Waals surface area contributed by atoms with Crippen LogP contribution in [0.3, 0.4) is 0 Å². The van der Waals surface area contributed by atoms with E-state index in [1.807, 2.05) is 0 Å². The maximum Gasteiger partial charge on any atom is 0.310 e. The number of hydrogen-bond acceptors (Lipinski definition) is 4. The molecule has 6 heteroatoms. The molecule has 1 amide bonds. The number of carbonyl (C=O) groups is 2. The summed E-state index contributed by atoms with van der Waals surface area (Å²) in [6, 6.07) is 0. The summed E-state index contributed by atoms with van der Waals surface area (Å²) in [6.07, 6.45) is 3.24. The summed E-state index contributed by atoms with van der Waals surface area (Å²) in [7, 11) is 1.66. The molecule has 0 radical (unpaired) electrons. The number of amides is 1. The van der Waals surface area contributed by atoms with Gasteiger partial charge >= 0.3 is 5.97 Å². The molecule has 2 aliphatic rings. The Morgan fingerprint density at radius 3 is 2.50 bits per heavy atom. The molecule has 1 heterocycles. The molecule has 114 valence electrons. The van der Waals surface area contributed by atoms with Crippen molar-refractivity contribution in [2.75, 3.05) is 33.4 Å². The molecule has 0 aromatic carbocycles. The van der Waals surface area contributed by atoms with Crippen molar-refractivity contribution >= 4 is 11.9 Å². The molecule has 1 N–H and O–H groups in total. The summed E-state index contributed by atoms with van der Waals surface area (Å²) in [5.41, 5.74) is -0.790. The third kappa shape index (κ3) is 3.30. The summed E-state index contributed by atoms with van der Waals surface area (Å²) in [6.45, 7) is 2.49. The molecule has 1 aliphatic carbocycles. The van der Waals surface area contributed by atoms with Gasteiger partial charge in [-0.3, -0.25) is 9.59 Å². The number of carboxylic acids is 1. The Balaban J connectivity index is 1.65. The van der Waals surface area contributed by atoms with Crippen LogP contribution in [0.1, 0.15) is 32.1 Å². The number of carbonyl (C=O) groups excluding carboxylic acids is 1. The number of nitrogens with zero attached hydrogens (tertiary/aromatic N) is 1. The first kappa shape index (κ1) is 15.3. The van der Waals surface area contributed by atoms with Crippen molar-refractivity contribution < 1.29 is 24.2 Å². The minimum Gasteiger partial charge on any atom is -0.481 e. The van der Waals surface area contributed by atoms with E-state index in [-0.39, 0.29) is 18.4 Å². The van der Waals surface area contributed by atoms with Crippen LogP contribution in [-0.2, 0) is 19.1 Å². The molecule has 0 aromatic rings. The fourth-order valence-corrected chi connectivity index (χ4v) is 2.67. The maximum absolute atomic E-state index is 12.0. The van der Waals surface area contributed by atoms with Crippen LogP contribution in [0.5, 0.6) is 0 Å². The first-order valence-corrected chi connectivity index (χ1v) is 7.19. The molecule has 0 unspecified atom stereocenters. The van der Waals surface area contributed by atoms with Gasteiger partial charge in [-0.1, -0.05) is 6.42 Å². The molecule has 2 fully saturated rings. The van der Waals surface area contributed by atoms with E-state index in [0.29, 0.717) is 39.1 Å². The Labute approximate surface area is 119 Å². The van der Waals surface area contributed by atoms with Crippen molar-refractivity contribution in [2.24, 2.45) is 5.41 Å². The molecule has 1 aliphatic heterocycles. The van der Waals surface area contributed by atoms with Gasteiger partial charge in [0.05, 0.1) is 11.5 Å². The van der Waals surface area contributed by atoms with Crippen molar-refractivity contribution in [3.8, 4) is 0 Å². The van der Waals surface area contributed by atoms with Crippen LogP contribution >= 0.6 is 0 Å². The minimum absolute atomic E-state index is 0.0520. The average molecular weight is 285 g/mol. The third-order valence-electron chi connectivity index (χ3n) is 4.30. The van der Waals surface area contributed by atoms with Gasteiger partial charge in [0.25, 0.3) is 0 Å². The van der Waals surface area contributed by atoms with E-state index in [0.717, 1.165) is 12.8 Å². The lowest BCUT2D eigenvalue weighted by atomic mass is 9.66. The van der Waals surface area contributed by atoms with Gasteiger partial charge in [0, 0.05) is 39.8 Å². The van der Waals surface area contributed by atoms with Crippen molar-refractivity contribution in [1.29, 1.82) is 0 Å². The van der Waals surface area contributed by atoms with Crippen molar-refractivity contribution in [1.82, 2.24) is 4.90 Å². The van der Waals surface area contributed by atoms with E-state index in [9.17, 15) is 14.7 Å². The Kier molecular flexibility index (Phi) is 4.99. The van der Waals surface area contributed by atoms with E-state index in [4.69, 9.17) is 9.47 Å². The van der Waals surface area contributed by atoms with Crippen LogP contribution in [0.25, 0.3) is 0 Å². The highest BCUT2D eigenvalue weighted by Gasteiger charge is 2.47. The minimum atomic E-state index is -0.829. The van der Waals surface area contributed by atoms with E-state index >= 15 is 0 Å². The summed E-state index contributed by atoms with van der Waals surface area (Å²) < 4.78 is 10.5. The number of methoxy groups -OCH3 is 1. The molecule has 6 nitrogen and oxygen atoms in total. The van der Waals surface area contributed by atoms with Gasteiger partial charge in [-0.2, -0.15) is 0 Å². The van der Waals surface area contributed by atoms with Crippen molar-refractivity contribution in [3.05, 3.63) is 0 Å². The van der Waals surface area contributed by atoms with E-state index in [2.05, 4.69) is 0 Å². The Hall–Kier alpha value is -1.14. The smallest absolute Gasteiger partial charge is 0.310 e. The fourth-order valence-electron chi connectivity index (χ4n) is 2.67. The second-order valence-electron chi connectivity index (χ2n) is 5.75. The van der Waals surface area contributed by atoms with Crippen molar-refractivity contribution in [2.45, 2.75) is 38.2 Å². The lowest BCUT2D eigenvalue weighted by Crippen LogP contribution is -2.56. The Morgan fingerprint density at radius 1 is 1.30 bits per heavy atom. The zero-order valence-electron chi connectivity index (χ0n) is 12.0. The third-order valence-corrected chi connectivity index (χ3v) is 4.30. The largest absolute Gasteiger partial charge is 0.481 e. The quantitative estimate of drug-likeness (QED) is 0.670. The molecule has 1 saturated carbocycles. The number of ether oxygens (including phenoxy) is 2. The monoisotopic (exact) mass is 285 g/mol. The van der Waals surface area contributed by atoms with Crippen molar-refractivity contribution in [3.63, 3.8) is 0 Å². The maximum atomic E-state index is 12.0. The van der Waals surface area contributed by atoms with Crippen LogP contribution in [0, 0.1) is 5.41 Å². The molecular weight excluding hydrogens is 262 g/mol. The standard InChI is InChI=1S/C14H23NO5/c1-19-6-3-7-20-11-9-15(10-11)12(16)8-14(13(17)18)4-2-5-14/h11H,2-10H2,1H3,(H,17,18). The first-order valence-electron chi connectivity index (χ1n) is 7.19. The van der Waals surface area contributed by atoms with Gasteiger partial charge in [0.2, 0.25) is 5.91 Å². The summed E-state index contributed by atoms with van der Waals surface area (Å²) in [4.78, 5) is 25.0. The molecular formula is C14H23NO5. The van der Waals surface area contributed by atoms with Crippen LogP contribution < -0.4 is 0 Å². The van der Waals surface area contributed by atoms with E-state index in [1.165, 1.54) is 0 Å². The van der Waals surface area contributed by atoms with E-state index < -0.39 is 11.4 Å². The van der Waals surface area contributed by atoms with Gasteiger partial charge in [-0.15, -0.1) is 0 Å². The molecule has 0 spiro atoms. The number of likely N-dealkylation sites (tertiary alicyclic amines) is 1. The highest BCUT2D eigenvalue weighted by Crippen LogP contribution is 2.44. The second-order valence-corrected chi connectivity index (χ2v) is 5.75. The zero-order chi connectivity index (χ0) is 14.6. The summed E-state index contributed by atoms with van der Waals surface area (Å²) >= 11 is 0. The first-order chi connectivity index (χ1) is 9.57. The van der Waals surface area contributed by atoms with Gasteiger partial charge in [0.1, 0.15) is 0 Å². The number of rotatable bonds is 8. The van der Waals surface area contributed by atoms with Crippen LogP contribution in [0.15, 0.2) is 0 Å². The van der Waals surface area contributed by atoms with Crippen LogP contribution in [0.2, 0.25) is 0 Å². The number of aliphatic carboxylic acids is 1. The van der Waals surface area contributed by atoms with Gasteiger partial charge in [0.15, 0.2) is 0 Å². The molecule has 0 bridgehead atoms. The predicted octanol–water partition coefficient (Wildman–Crippen LogP) is 0.895. The fraction of sp³-hybridized carbons (Fsp3) is 0.857. The normalized spacial score (nSPS) is 21.1. The molecule has 2 rings (SSSR count). The molecule has 1 saturated heterocycles. The SMILES string of the molecule is COCCCOC1CN(C(=O)CC2(C(=O)O)CCC2)C1. The summed E-state index contributed by atoms with van der Waals surface area (Å²) in [5.74, 6) is -0.881. The topological polar surface area (TPSA) is 76.1 Å². The summed E-state index contributed by atoms with van der Waals surface area (Å²) in [5, 5.41) is 9.22. The van der Waals surface area contributed by atoms with Gasteiger partial charge in [-0.25, -0.2) is 0 Å². The predicted molar refractivity (Wildman–Crippen MR) is 71.3 cm³/mol. The average Bonchev–Trinajstić information content (AvgIpc) is 2.30. The molecule has 0 atom stereocenters. The zero-order valence-corrected chi connectivity index (χ0v) is 12.0. The molecule has 20 heavy (non-hydrogen) atoms. The van der Waals surface area contributed by atoms with Gasteiger partial charge in [-0.05, 0) is 19.3 Å².